The summed E-state index contributed by atoms with van der Waals surface area (Å²) in [6.07, 6.45) is 1.36. The summed E-state index contributed by atoms with van der Waals surface area (Å²) < 4.78 is 0.663. The first kappa shape index (κ1) is 11.4. The number of rotatable bonds is 3. The molecule has 14 heavy (non-hydrogen) atoms. The molecule has 6 heteroatoms. The topological polar surface area (TPSA) is 76.2 Å². The highest BCUT2D eigenvalue weighted by molar-refractivity contribution is 9.10. The highest BCUT2D eigenvalue weighted by Crippen LogP contribution is 2.25. The molecule has 0 fully saturated rings. The monoisotopic (exact) mass is 278 g/mol. The van der Waals surface area contributed by atoms with E-state index in [9.17, 15) is 4.79 Å². The SMILES string of the molecule is NC(CC(=O)O)c1cc(Cl)ncc1Br. The summed E-state index contributed by atoms with van der Waals surface area (Å²) >= 11 is 8.89. The minimum Gasteiger partial charge on any atom is -0.481 e. The van der Waals surface area contributed by atoms with Gasteiger partial charge >= 0.3 is 5.97 Å². The van der Waals surface area contributed by atoms with Gasteiger partial charge in [-0.05, 0) is 27.6 Å². The van der Waals surface area contributed by atoms with Crippen LogP contribution >= 0.6 is 27.5 Å². The number of pyridine rings is 1. The van der Waals surface area contributed by atoms with E-state index in [0.29, 0.717) is 15.2 Å². The minimum atomic E-state index is -0.947. The maximum atomic E-state index is 10.4. The Morgan fingerprint density at radius 1 is 1.79 bits per heavy atom. The number of carboxylic acids is 1. The van der Waals surface area contributed by atoms with Gasteiger partial charge in [-0.1, -0.05) is 11.6 Å². The molecular weight excluding hydrogens is 271 g/mol. The van der Waals surface area contributed by atoms with Gasteiger partial charge in [0.2, 0.25) is 0 Å². The van der Waals surface area contributed by atoms with Crippen LogP contribution in [0.1, 0.15) is 18.0 Å². The van der Waals surface area contributed by atoms with Crippen LogP contribution in [0.3, 0.4) is 0 Å². The second-order valence-electron chi connectivity index (χ2n) is 2.73. The molecule has 1 heterocycles. The largest absolute Gasteiger partial charge is 0.481 e. The van der Waals surface area contributed by atoms with E-state index in [2.05, 4.69) is 20.9 Å². The Labute approximate surface area is 94.2 Å². The van der Waals surface area contributed by atoms with Crippen molar-refractivity contribution in [2.45, 2.75) is 12.5 Å². The number of hydrogen-bond acceptors (Lipinski definition) is 3. The van der Waals surface area contributed by atoms with Gasteiger partial charge in [0.05, 0.1) is 6.42 Å². The van der Waals surface area contributed by atoms with Gasteiger partial charge < -0.3 is 10.8 Å². The number of halogens is 2. The number of hydrogen-bond donors (Lipinski definition) is 2. The summed E-state index contributed by atoms with van der Waals surface area (Å²) in [7, 11) is 0. The van der Waals surface area contributed by atoms with E-state index < -0.39 is 12.0 Å². The number of carboxylic acid groups (broad SMARTS) is 1. The van der Waals surface area contributed by atoms with Crippen molar-refractivity contribution in [1.82, 2.24) is 4.98 Å². The molecule has 1 aromatic rings. The average Bonchev–Trinajstić information content (AvgIpc) is 2.08. The lowest BCUT2D eigenvalue weighted by atomic mass is 10.1. The van der Waals surface area contributed by atoms with Crippen molar-refractivity contribution in [3.63, 3.8) is 0 Å². The number of aromatic nitrogens is 1. The third-order valence-electron chi connectivity index (χ3n) is 1.65. The molecule has 0 aliphatic heterocycles. The Hall–Kier alpha value is -0.650. The average molecular weight is 280 g/mol. The molecule has 0 aliphatic carbocycles. The number of carbonyl (C=O) groups is 1. The Morgan fingerprint density at radius 2 is 2.43 bits per heavy atom. The molecule has 0 aromatic carbocycles. The van der Waals surface area contributed by atoms with Gasteiger partial charge in [-0.15, -0.1) is 0 Å². The molecule has 0 amide bonds. The summed E-state index contributed by atoms with van der Waals surface area (Å²) in [5, 5.41) is 8.86. The fraction of sp³-hybridized carbons (Fsp3) is 0.250. The summed E-state index contributed by atoms with van der Waals surface area (Å²) in [5.74, 6) is -0.947. The highest BCUT2D eigenvalue weighted by atomic mass is 79.9. The first-order valence-corrected chi connectivity index (χ1v) is 4.96. The summed E-state index contributed by atoms with van der Waals surface area (Å²) in [6, 6.07) is 0.974. The first-order valence-electron chi connectivity index (χ1n) is 3.79. The van der Waals surface area contributed by atoms with Crippen molar-refractivity contribution in [2.75, 3.05) is 0 Å². The van der Waals surface area contributed by atoms with Crippen molar-refractivity contribution in [1.29, 1.82) is 0 Å². The lowest BCUT2D eigenvalue weighted by Gasteiger charge is -2.11. The molecule has 4 nitrogen and oxygen atoms in total. The van der Waals surface area contributed by atoms with Crippen molar-refractivity contribution in [3.05, 3.63) is 27.5 Å². The zero-order valence-electron chi connectivity index (χ0n) is 7.08. The van der Waals surface area contributed by atoms with Crippen LogP contribution in [0.15, 0.2) is 16.7 Å². The van der Waals surface area contributed by atoms with Crippen LogP contribution in [0.2, 0.25) is 5.15 Å². The zero-order chi connectivity index (χ0) is 10.7. The molecule has 0 saturated heterocycles. The summed E-state index contributed by atoms with van der Waals surface area (Å²) in [4.78, 5) is 14.3. The lowest BCUT2D eigenvalue weighted by molar-refractivity contribution is -0.137. The van der Waals surface area contributed by atoms with Crippen LogP contribution in [0.5, 0.6) is 0 Å². The van der Waals surface area contributed by atoms with E-state index in [1.54, 1.807) is 6.07 Å². The number of nitrogens with zero attached hydrogens (tertiary/aromatic N) is 1. The van der Waals surface area contributed by atoms with E-state index in [1.165, 1.54) is 6.20 Å². The summed E-state index contributed by atoms with van der Waals surface area (Å²) in [6.45, 7) is 0. The summed E-state index contributed by atoms with van der Waals surface area (Å²) in [5.41, 5.74) is 6.31. The first-order chi connectivity index (χ1) is 6.50. The van der Waals surface area contributed by atoms with Crippen molar-refractivity contribution < 1.29 is 9.90 Å². The molecule has 1 aromatic heterocycles. The lowest BCUT2D eigenvalue weighted by Crippen LogP contribution is -2.15. The van der Waals surface area contributed by atoms with E-state index in [4.69, 9.17) is 22.4 Å². The van der Waals surface area contributed by atoms with Crippen LogP contribution in [-0.4, -0.2) is 16.1 Å². The van der Waals surface area contributed by atoms with Gasteiger partial charge in [0.25, 0.3) is 0 Å². The molecule has 1 atom stereocenters. The van der Waals surface area contributed by atoms with E-state index in [0.717, 1.165) is 0 Å². The molecule has 0 aliphatic rings. The standard InChI is InChI=1S/C8H8BrClN2O2/c9-5-3-12-7(10)1-4(5)6(11)2-8(13)14/h1,3,6H,2,11H2,(H,13,14). The normalized spacial score (nSPS) is 12.5. The van der Waals surface area contributed by atoms with E-state index in [1.807, 2.05) is 0 Å². The Kier molecular flexibility index (Phi) is 3.86. The Morgan fingerprint density at radius 3 is 3.00 bits per heavy atom. The Bertz CT molecular complexity index is 359. The fourth-order valence-corrected chi connectivity index (χ4v) is 1.69. The van der Waals surface area contributed by atoms with Gasteiger partial charge in [-0.3, -0.25) is 4.79 Å². The highest BCUT2D eigenvalue weighted by Gasteiger charge is 2.14. The Balaban J connectivity index is 2.93. The molecular formula is C8H8BrClN2O2. The minimum absolute atomic E-state index is 0.140. The number of aliphatic carboxylic acids is 1. The smallest absolute Gasteiger partial charge is 0.305 e. The predicted molar refractivity (Wildman–Crippen MR) is 56.1 cm³/mol. The second kappa shape index (κ2) is 4.72. The van der Waals surface area contributed by atoms with Crippen LogP contribution in [-0.2, 0) is 4.79 Å². The van der Waals surface area contributed by atoms with Crippen LogP contribution in [0.4, 0.5) is 0 Å². The maximum absolute atomic E-state index is 10.4. The van der Waals surface area contributed by atoms with Gasteiger partial charge in [-0.2, -0.15) is 0 Å². The van der Waals surface area contributed by atoms with Crippen molar-refractivity contribution in [2.24, 2.45) is 5.73 Å². The van der Waals surface area contributed by atoms with Crippen molar-refractivity contribution in [3.8, 4) is 0 Å². The molecule has 76 valence electrons. The van der Waals surface area contributed by atoms with E-state index in [-0.39, 0.29) is 6.42 Å². The molecule has 0 bridgehead atoms. The molecule has 0 radical (unpaired) electrons. The van der Waals surface area contributed by atoms with Gasteiger partial charge in [0, 0.05) is 16.7 Å². The van der Waals surface area contributed by atoms with Crippen LogP contribution in [0, 0.1) is 0 Å². The molecule has 0 saturated carbocycles. The van der Waals surface area contributed by atoms with Gasteiger partial charge in [0.1, 0.15) is 5.15 Å². The van der Waals surface area contributed by atoms with Crippen LogP contribution in [0.25, 0.3) is 0 Å². The van der Waals surface area contributed by atoms with E-state index >= 15 is 0 Å². The predicted octanol–water partition coefficient (Wildman–Crippen LogP) is 1.97. The maximum Gasteiger partial charge on any atom is 0.305 e. The fourth-order valence-electron chi connectivity index (χ4n) is 1.01. The van der Waals surface area contributed by atoms with Gasteiger partial charge in [0.15, 0.2) is 0 Å². The molecule has 0 spiro atoms. The molecule has 1 rings (SSSR count). The molecule has 1 unspecified atom stereocenters. The van der Waals surface area contributed by atoms with Crippen LogP contribution < -0.4 is 5.73 Å². The second-order valence-corrected chi connectivity index (χ2v) is 3.97. The third-order valence-corrected chi connectivity index (χ3v) is 2.51. The zero-order valence-corrected chi connectivity index (χ0v) is 9.42. The quantitative estimate of drug-likeness (QED) is 0.829. The molecule has 3 N–H and O–H groups in total. The third kappa shape index (κ3) is 2.94. The van der Waals surface area contributed by atoms with Gasteiger partial charge in [-0.25, -0.2) is 4.98 Å². The van der Waals surface area contributed by atoms with Crippen molar-refractivity contribution >= 4 is 33.5 Å². The number of nitrogens with two attached hydrogens (primary N) is 1.